The van der Waals surface area contributed by atoms with Crippen LogP contribution in [0.15, 0.2) is 24.5 Å². The largest absolute Gasteiger partial charge is 0.487 e. The van der Waals surface area contributed by atoms with Crippen molar-refractivity contribution >= 4 is 0 Å². The van der Waals surface area contributed by atoms with Crippen molar-refractivity contribution in [3.8, 4) is 5.75 Å². The normalized spacial score (nSPS) is 17.1. The maximum atomic E-state index is 5.96. The summed E-state index contributed by atoms with van der Waals surface area (Å²) in [6.45, 7) is 7.18. The van der Waals surface area contributed by atoms with Gasteiger partial charge in [-0.1, -0.05) is 19.1 Å². The van der Waals surface area contributed by atoms with Crippen molar-refractivity contribution in [2.75, 3.05) is 0 Å². The third-order valence-electron chi connectivity index (χ3n) is 4.21. The number of nitrogens with zero attached hydrogens (tertiary/aromatic N) is 3. The van der Waals surface area contributed by atoms with Gasteiger partial charge in [-0.05, 0) is 37.5 Å². The average Bonchev–Trinajstić information content (AvgIpc) is 3.00. The molecular weight excluding hydrogens is 276 g/mol. The average molecular weight is 300 g/mol. The van der Waals surface area contributed by atoms with Crippen LogP contribution in [0.1, 0.15) is 50.2 Å². The first-order valence-corrected chi connectivity index (χ1v) is 7.86. The minimum atomic E-state index is -0.0886. The molecule has 0 saturated carbocycles. The molecule has 3 rings (SSSR count). The third kappa shape index (κ3) is 2.99. The molecular formula is C17H24N4O. The van der Waals surface area contributed by atoms with Crippen molar-refractivity contribution in [3.63, 3.8) is 0 Å². The zero-order valence-corrected chi connectivity index (χ0v) is 13.8. The van der Waals surface area contributed by atoms with Gasteiger partial charge in [-0.2, -0.15) is 0 Å². The Morgan fingerprint density at radius 1 is 1.41 bits per heavy atom. The molecule has 1 N–H and O–H groups in total. The van der Waals surface area contributed by atoms with Crippen LogP contribution in [0.2, 0.25) is 0 Å². The lowest BCUT2D eigenvalue weighted by atomic mass is 9.97. The van der Waals surface area contributed by atoms with Crippen molar-refractivity contribution in [2.45, 2.75) is 51.8 Å². The number of ether oxygens (including phenoxy) is 1. The van der Waals surface area contributed by atoms with E-state index in [2.05, 4.69) is 54.5 Å². The molecule has 118 valence electrons. The highest BCUT2D eigenvalue weighted by atomic mass is 16.5. The second-order valence-corrected chi connectivity index (χ2v) is 6.61. The van der Waals surface area contributed by atoms with Crippen molar-refractivity contribution in [2.24, 2.45) is 7.05 Å². The molecule has 2 heterocycles. The molecule has 1 aliphatic heterocycles. The second kappa shape index (κ2) is 5.72. The van der Waals surface area contributed by atoms with Crippen molar-refractivity contribution in [1.29, 1.82) is 0 Å². The smallest absolute Gasteiger partial charge is 0.146 e. The van der Waals surface area contributed by atoms with Gasteiger partial charge in [0.1, 0.15) is 23.5 Å². The molecule has 0 aliphatic carbocycles. The lowest BCUT2D eigenvalue weighted by Crippen LogP contribution is -2.24. The molecule has 0 radical (unpaired) electrons. The quantitative estimate of drug-likeness (QED) is 0.922. The predicted octanol–water partition coefficient (Wildman–Crippen LogP) is 2.77. The van der Waals surface area contributed by atoms with E-state index >= 15 is 0 Å². The van der Waals surface area contributed by atoms with Gasteiger partial charge in [0.25, 0.3) is 0 Å². The molecule has 0 amide bonds. The van der Waals surface area contributed by atoms with Crippen LogP contribution in [0.4, 0.5) is 0 Å². The fourth-order valence-corrected chi connectivity index (χ4v) is 3.03. The summed E-state index contributed by atoms with van der Waals surface area (Å²) in [5, 5.41) is 11.6. The standard InChI is InChI=1S/C17H24N4O/c1-5-14(18-10-16-20-19-11-21(16)4)12-6-7-15-13(8-12)9-17(2,3)22-15/h6-8,11,14,18H,5,9-10H2,1-4H3/t14-/m1/s1. The lowest BCUT2D eigenvalue weighted by Gasteiger charge is -2.18. The molecule has 1 aromatic heterocycles. The Kier molecular flexibility index (Phi) is 3.91. The predicted molar refractivity (Wildman–Crippen MR) is 85.7 cm³/mol. The maximum absolute atomic E-state index is 5.96. The van der Waals surface area contributed by atoms with Gasteiger partial charge < -0.3 is 14.6 Å². The molecule has 0 spiro atoms. The van der Waals surface area contributed by atoms with E-state index in [1.54, 1.807) is 6.33 Å². The van der Waals surface area contributed by atoms with Gasteiger partial charge in [-0.25, -0.2) is 0 Å². The highest BCUT2D eigenvalue weighted by Gasteiger charge is 2.30. The van der Waals surface area contributed by atoms with Gasteiger partial charge >= 0.3 is 0 Å². The maximum Gasteiger partial charge on any atom is 0.146 e. The summed E-state index contributed by atoms with van der Waals surface area (Å²) < 4.78 is 7.90. The number of nitrogens with one attached hydrogen (secondary N) is 1. The lowest BCUT2D eigenvalue weighted by molar-refractivity contribution is 0.138. The zero-order valence-electron chi connectivity index (χ0n) is 13.8. The highest BCUT2D eigenvalue weighted by molar-refractivity contribution is 5.42. The summed E-state index contributed by atoms with van der Waals surface area (Å²) in [5.74, 6) is 1.97. The minimum absolute atomic E-state index is 0.0886. The van der Waals surface area contributed by atoms with Gasteiger partial charge in [-0.15, -0.1) is 10.2 Å². The molecule has 5 nitrogen and oxygen atoms in total. The Morgan fingerprint density at radius 2 is 2.23 bits per heavy atom. The van der Waals surface area contributed by atoms with E-state index in [9.17, 15) is 0 Å². The number of aromatic nitrogens is 3. The second-order valence-electron chi connectivity index (χ2n) is 6.61. The molecule has 22 heavy (non-hydrogen) atoms. The Balaban J connectivity index is 1.73. The molecule has 1 atom stereocenters. The summed E-state index contributed by atoms with van der Waals surface area (Å²) in [7, 11) is 1.97. The van der Waals surface area contributed by atoms with Crippen molar-refractivity contribution < 1.29 is 4.74 Å². The summed E-state index contributed by atoms with van der Waals surface area (Å²) in [6.07, 6.45) is 3.73. The zero-order chi connectivity index (χ0) is 15.7. The number of hydrogen-bond donors (Lipinski definition) is 1. The Morgan fingerprint density at radius 3 is 2.91 bits per heavy atom. The Labute approximate surface area is 131 Å². The molecule has 0 saturated heterocycles. The number of benzene rings is 1. The van der Waals surface area contributed by atoms with Crippen LogP contribution in [0, 0.1) is 0 Å². The van der Waals surface area contributed by atoms with E-state index in [4.69, 9.17) is 4.74 Å². The molecule has 5 heteroatoms. The molecule has 1 aliphatic rings. The Hall–Kier alpha value is -1.88. The third-order valence-corrected chi connectivity index (χ3v) is 4.21. The number of rotatable bonds is 5. The molecule has 1 aromatic carbocycles. The Bertz CT molecular complexity index is 662. The van der Waals surface area contributed by atoms with Crippen LogP contribution >= 0.6 is 0 Å². The molecule has 0 fully saturated rings. The van der Waals surface area contributed by atoms with E-state index in [0.29, 0.717) is 12.6 Å². The summed E-state index contributed by atoms with van der Waals surface area (Å²) in [5.41, 5.74) is 2.53. The topological polar surface area (TPSA) is 52.0 Å². The first-order chi connectivity index (χ1) is 10.5. The van der Waals surface area contributed by atoms with Crippen LogP contribution in [0.25, 0.3) is 0 Å². The van der Waals surface area contributed by atoms with E-state index in [-0.39, 0.29) is 5.60 Å². The van der Waals surface area contributed by atoms with Crippen molar-refractivity contribution in [1.82, 2.24) is 20.1 Å². The first kappa shape index (κ1) is 15.0. The monoisotopic (exact) mass is 300 g/mol. The number of aryl methyl sites for hydroxylation is 1. The van der Waals surface area contributed by atoms with Crippen LogP contribution in [-0.4, -0.2) is 20.4 Å². The van der Waals surface area contributed by atoms with Crippen LogP contribution in [0.3, 0.4) is 0 Å². The SMILES string of the molecule is CC[C@@H](NCc1nncn1C)c1ccc2c(c1)CC(C)(C)O2. The summed E-state index contributed by atoms with van der Waals surface area (Å²) in [4.78, 5) is 0. The molecule has 0 bridgehead atoms. The van der Waals surface area contributed by atoms with Gasteiger partial charge in [0.15, 0.2) is 0 Å². The van der Waals surface area contributed by atoms with Crippen LogP contribution in [0.5, 0.6) is 5.75 Å². The minimum Gasteiger partial charge on any atom is -0.487 e. The number of fused-ring (bicyclic) bond motifs is 1. The van der Waals surface area contributed by atoms with Gasteiger partial charge in [0.2, 0.25) is 0 Å². The summed E-state index contributed by atoms with van der Waals surface area (Å²) >= 11 is 0. The molecule has 2 aromatic rings. The van der Waals surface area contributed by atoms with E-state index < -0.39 is 0 Å². The van der Waals surface area contributed by atoms with E-state index in [1.807, 2.05) is 11.6 Å². The van der Waals surface area contributed by atoms with Gasteiger partial charge in [0, 0.05) is 19.5 Å². The van der Waals surface area contributed by atoms with E-state index in [0.717, 1.165) is 24.4 Å². The summed E-state index contributed by atoms with van der Waals surface area (Å²) in [6, 6.07) is 6.86. The van der Waals surface area contributed by atoms with Crippen LogP contribution < -0.4 is 10.1 Å². The van der Waals surface area contributed by atoms with Crippen LogP contribution in [-0.2, 0) is 20.0 Å². The highest BCUT2D eigenvalue weighted by Crippen LogP contribution is 2.36. The fourth-order valence-electron chi connectivity index (χ4n) is 3.03. The van der Waals surface area contributed by atoms with Crippen molar-refractivity contribution in [3.05, 3.63) is 41.5 Å². The van der Waals surface area contributed by atoms with Gasteiger partial charge in [-0.3, -0.25) is 0 Å². The number of hydrogen-bond acceptors (Lipinski definition) is 4. The van der Waals surface area contributed by atoms with E-state index in [1.165, 1.54) is 11.1 Å². The first-order valence-electron chi connectivity index (χ1n) is 7.86. The van der Waals surface area contributed by atoms with Gasteiger partial charge in [0.05, 0.1) is 6.54 Å². The molecule has 0 unspecified atom stereocenters. The fraction of sp³-hybridized carbons (Fsp3) is 0.529.